The Morgan fingerprint density at radius 2 is 1.88 bits per heavy atom. The van der Waals surface area contributed by atoms with Gasteiger partial charge < -0.3 is 10.6 Å². The minimum absolute atomic E-state index is 0.0551. The summed E-state index contributed by atoms with van der Waals surface area (Å²) in [7, 11) is 0. The van der Waals surface area contributed by atoms with Crippen LogP contribution in [0.5, 0.6) is 0 Å². The molecule has 0 aliphatic carbocycles. The zero-order chi connectivity index (χ0) is 16.7. The fourth-order valence-electron chi connectivity index (χ4n) is 3.85. The highest BCUT2D eigenvalue weighted by atomic mass is 16.2. The average Bonchev–Trinajstić information content (AvgIpc) is 2.60. The van der Waals surface area contributed by atoms with Crippen LogP contribution in [-0.2, 0) is 0 Å². The summed E-state index contributed by atoms with van der Waals surface area (Å²) in [6.07, 6.45) is 2.17. The van der Waals surface area contributed by atoms with Gasteiger partial charge in [-0.15, -0.1) is 0 Å². The first-order chi connectivity index (χ1) is 11.6. The van der Waals surface area contributed by atoms with E-state index in [-0.39, 0.29) is 17.9 Å². The Labute approximate surface area is 140 Å². The summed E-state index contributed by atoms with van der Waals surface area (Å²) in [6.45, 7) is 4.13. The number of benzene rings is 2. The number of imide groups is 1. The molecule has 2 amide bonds. The highest BCUT2D eigenvalue weighted by Crippen LogP contribution is 2.32. The Hall–Kier alpha value is -2.24. The van der Waals surface area contributed by atoms with Crippen LogP contribution < -0.4 is 16.0 Å². The second-order valence-corrected chi connectivity index (χ2v) is 6.63. The molecule has 1 fully saturated rings. The van der Waals surface area contributed by atoms with Gasteiger partial charge in [0.1, 0.15) is 0 Å². The maximum Gasteiger partial charge on any atom is 0.259 e. The molecule has 0 spiro atoms. The second-order valence-electron chi connectivity index (χ2n) is 6.63. The van der Waals surface area contributed by atoms with Crippen molar-refractivity contribution in [3.05, 3.63) is 47.0 Å². The molecule has 0 bridgehead atoms. The molecule has 2 heterocycles. The fourth-order valence-corrected chi connectivity index (χ4v) is 3.85. The van der Waals surface area contributed by atoms with Crippen LogP contribution in [0.25, 0.3) is 10.8 Å². The molecule has 0 saturated carbocycles. The molecule has 2 aromatic carbocycles. The number of carbonyl (C=O) groups excluding carboxylic acids is 2. The van der Waals surface area contributed by atoms with Crippen LogP contribution in [0.4, 0.5) is 0 Å². The Balaban J connectivity index is 1.78. The number of nitrogens with one attached hydrogen (secondary N) is 3. The van der Waals surface area contributed by atoms with Crippen molar-refractivity contribution in [3.8, 4) is 0 Å². The Morgan fingerprint density at radius 3 is 2.67 bits per heavy atom. The molecule has 24 heavy (non-hydrogen) atoms. The molecule has 1 unspecified atom stereocenters. The number of hydrogen-bond donors (Lipinski definition) is 3. The number of carbonyl (C=O) groups is 2. The lowest BCUT2D eigenvalue weighted by molar-refractivity contribution is 0.0844. The smallest absolute Gasteiger partial charge is 0.259 e. The van der Waals surface area contributed by atoms with E-state index < -0.39 is 0 Å². The molecule has 2 aromatic rings. The van der Waals surface area contributed by atoms with E-state index >= 15 is 0 Å². The van der Waals surface area contributed by atoms with Crippen LogP contribution in [0.2, 0.25) is 0 Å². The van der Waals surface area contributed by atoms with E-state index in [2.05, 4.69) is 22.9 Å². The molecule has 2 aliphatic heterocycles. The van der Waals surface area contributed by atoms with Crippen LogP contribution in [0.15, 0.2) is 30.3 Å². The Bertz CT molecular complexity index is 825. The maximum atomic E-state index is 12.5. The first-order valence-electron chi connectivity index (χ1n) is 8.53. The standard InChI is InChI=1S/C19H21N3O2/c1-11(21-13-7-9-20-10-8-13)14-6-5-12-3-2-4-15-16(12)17(14)19(24)22-18(15)23/h2-6,11,13,20-21H,7-10H2,1H3,(H,22,23,24). The van der Waals surface area contributed by atoms with E-state index in [0.717, 1.165) is 42.3 Å². The van der Waals surface area contributed by atoms with Crippen LogP contribution in [0, 0.1) is 0 Å². The molecular formula is C19H21N3O2. The number of amides is 2. The molecule has 0 radical (unpaired) electrons. The zero-order valence-electron chi connectivity index (χ0n) is 13.7. The van der Waals surface area contributed by atoms with Gasteiger partial charge in [-0.2, -0.15) is 0 Å². The lowest BCUT2D eigenvalue weighted by atomic mass is 9.89. The fraction of sp³-hybridized carbons (Fsp3) is 0.368. The number of rotatable bonds is 3. The van der Waals surface area contributed by atoms with Crippen molar-refractivity contribution in [2.24, 2.45) is 0 Å². The third-order valence-electron chi connectivity index (χ3n) is 5.07. The van der Waals surface area contributed by atoms with Crippen molar-refractivity contribution < 1.29 is 9.59 Å². The highest BCUT2D eigenvalue weighted by Gasteiger charge is 2.29. The Kier molecular flexibility index (Phi) is 3.82. The summed E-state index contributed by atoms with van der Waals surface area (Å²) in [5.74, 6) is -0.604. The van der Waals surface area contributed by atoms with Crippen molar-refractivity contribution >= 4 is 22.6 Å². The maximum absolute atomic E-state index is 12.5. The molecule has 4 rings (SSSR count). The molecule has 5 nitrogen and oxygen atoms in total. The van der Waals surface area contributed by atoms with Gasteiger partial charge in [0.2, 0.25) is 0 Å². The van der Waals surface area contributed by atoms with Crippen molar-refractivity contribution in [2.75, 3.05) is 13.1 Å². The van der Waals surface area contributed by atoms with Crippen LogP contribution in [-0.4, -0.2) is 30.9 Å². The largest absolute Gasteiger partial charge is 0.317 e. The van der Waals surface area contributed by atoms with Crippen molar-refractivity contribution in [1.29, 1.82) is 0 Å². The van der Waals surface area contributed by atoms with Gasteiger partial charge in [0.15, 0.2) is 0 Å². The van der Waals surface area contributed by atoms with Gasteiger partial charge in [0.25, 0.3) is 11.8 Å². The first kappa shape index (κ1) is 15.3. The van der Waals surface area contributed by atoms with E-state index in [1.807, 2.05) is 24.3 Å². The number of hydrogen-bond acceptors (Lipinski definition) is 4. The third kappa shape index (κ3) is 2.50. The summed E-state index contributed by atoms with van der Waals surface area (Å²) < 4.78 is 0. The van der Waals surface area contributed by atoms with Crippen molar-refractivity contribution in [2.45, 2.75) is 31.8 Å². The van der Waals surface area contributed by atoms with E-state index in [1.54, 1.807) is 6.07 Å². The first-order valence-corrected chi connectivity index (χ1v) is 8.53. The predicted molar refractivity (Wildman–Crippen MR) is 93.2 cm³/mol. The highest BCUT2D eigenvalue weighted by molar-refractivity contribution is 6.26. The third-order valence-corrected chi connectivity index (χ3v) is 5.07. The van der Waals surface area contributed by atoms with Crippen molar-refractivity contribution in [1.82, 2.24) is 16.0 Å². The lowest BCUT2D eigenvalue weighted by Gasteiger charge is -2.29. The van der Waals surface area contributed by atoms with Crippen LogP contribution in [0.3, 0.4) is 0 Å². The lowest BCUT2D eigenvalue weighted by Crippen LogP contribution is -2.42. The van der Waals surface area contributed by atoms with Gasteiger partial charge in [-0.25, -0.2) is 0 Å². The quantitative estimate of drug-likeness (QED) is 0.757. The summed E-state index contributed by atoms with van der Waals surface area (Å²) in [5.41, 5.74) is 2.17. The number of piperidine rings is 1. The van der Waals surface area contributed by atoms with E-state index in [1.165, 1.54) is 0 Å². The minimum Gasteiger partial charge on any atom is -0.317 e. The molecule has 0 aromatic heterocycles. The summed E-state index contributed by atoms with van der Waals surface area (Å²) >= 11 is 0. The van der Waals surface area contributed by atoms with Gasteiger partial charge >= 0.3 is 0 Å². The zero-order valence-corrected chi connectivity index (χ0v) is 13.7. The van der Waals surface area contributed by atoms with E-state index in [4.69, 9.17) is 0 Å². The van der Waals surface area contributed by atoms with E-state index in [0.29, 0.717) is 17.2 Å². The molecule has 124 valence electrons. The minimum atomic E-state index is -0.311. The summed E-state index contributed by atoms with van der Waals surface area (Å²) in [6, 6.07) is 10.1. The van der Waals surface area contributed by atoms with Gasteiger partial charge in [-0.05, 0) is 49.9 Å². The van der Waals surface area contributed by atoms with Gasteiger partial charge in [-0.1, -0.05) is 24.3 Å². The normalized spacial score (nSPS) is 19.4. The SMILES string of the molecule is CC(NC1CCNCC1)c1ccc2cccc3c2c1C(=O)NC3=O. The topological polar surface area (TPSA) is 70.2 Å². The molecule has 1 atom stereocenters. The van der Waals surface area contributed by atoms with E-state index in [9.17, 15) is 9.59 Å². The summed E-state index contributed by atoms with van der Waals surface area (Å²) in [4.78, 5) is 24.7. The second kappa shape index (κ2) is 6.00. The average molecular weight is 323 g/mol. The van der Waals surface area contributed by atoms with Gasteiger partial charge in [0, 0.05) is 23.0 Å². The summed E-state index contributed by atoms with van der Waals surface area (Å²) in [5, 5.41) is 11.2. The van der Waals surface area contributed by atoms with Crippen LogP contribution in [0.1, 0.15) is 52.1 Å². The van der Waals surface area contributed by atoms with Crippen molar-refractivity contribution in [3.63, 3.8) is 0 Å². The molecule has 5 heteroatoms. The molecule has 3 N–H and O–H groups in total. The molecular weight excluding hydrogens is 302 g/mol. The predicted octanol–water partition coefficient (Wildman–Crippen LogP) is 2.13. The molecule has 1 saturated heterocycles. The van der Waals surface area contributed by atoms with Gasteiger partial charge in [0.05, 0.1) is 5.56 Å². The Morgan fingerprint density at radius 1 is 1.08 bits per heavy atom. The van der Waals surface area contributed by atoms with Gasteiger partial charge in [-0.3, -0.25) is 14.9 Å². The monoisotopic (exact) mass is 323 g/mol. The van der Waals surface area contributed by atoms with Crippen LogP contribution >= 0.6 is 0 Å². The molecule has 2 aliphatic rings.